The largest absolute Gasteiger partial charge is 0.396 e. The maximum Gasteiger partial charge on any atom is 0.251 e. The normalized spacial score (nSPS) is 15.5. The van der Waals surface area contributed by atoms with Gasteiger partial charge in [-0.25, -0.2) is 9.67 Å². The van der Waals surface area contributed by atoms with Crippen molar-refractivity contribution < 1.29 is 9.90 Å². The number of aliphatic hydroxyl groups is 1. The maximum absolute atomic E-state index is 12.5. The summed E-state index contributed by atoms with van der Waals surface area (Å²) in [5.41, 5.74) is 2.43. The van der Waals surface area contributed by atoms with Crippen LogP contribution in [0.5, 0.6) is 0 Å². The van der Waals surface area contributed by atoms with Crippen LogP contribution >= 0.6 is 0 Å². The molecule has 116 valence electrons. The Balaban J connectivity index is 1.75. The van der Waals surface area contributed by atoms with Crippen molar-refractivity contribution in [3.05, 3.63) is 42.0 Å². The first-order valence-corrected chi connectivity index (χ1v) is 7.56. The zero-order chi connectivity index (χ0) is 15.5. The Labute approximate surface area is 129 Å². The number of aryl methyl sites for hydroxylation is 1. The second-order valence-corrected chi connectivity index (χ2v) is 5.77. The molecule has 1 aromatic carbocycles. The highest BCUT2D eigenvalue weighted by atomic mass is 16.3. The van der Waals surface area contributed by atoms with Crippen LogP contribution in [-0.4, -0.2) is 38.4 Å². The molecule has 0 radical (unpaired) electrons. The third kappa shape index (κ3) is 3.17. The van der Waals surface area contributed by atoms with Gasteiger partial charge in [0.15, 0.2) is 0 Å². The molecule has 1 unspecified atom stereocenters. The van der Waals surface area contributed by atoms with Crippen molar-refractivity contribution in [1.29, 1.82) is 0 Å². The van der Waals surface area contributed by atoms with Gasteiger partial charge in [-0.1, -0.05) is 0 Å². The van der Waals surface area contributed by atoms with Crippen LogP contribution in [-0.2, 0) is 0 Å². The van der Waals surface area contributed by atoms with Crippen LogP contribution in [0.3, 0.4) is 0 Å². The van der Waals surface area contributed by atoms with Gasteiger partial charge in [-0.2, -0.15) is 5.10 Å². The third-order valence-corrected chi connectivity index (χ3v) is 4.09. The monoisotopic (exact) mass is 300 g/mol. The first-order chi connectivity index (χ1) is 10.7. The molecule has 1 atom stereocenters. The lowest BCUT2D eigenvalue weighted by Gasteiger charge is -2.18. The molecule has 0 saturated heterocycles. The Bertz CT molecular complexity index is 650. The molecule has 1 heterocycles. The minimum absolute atomic E-state index is 0.0758. The van der Waals surface area contributed by atoms with Crippen LogP contribution in [0.15, 0.2) is 30.9 Å². The van der Waals surface area contributed by atoms with E-state index in [1.54, 1.807) is 11.0 Å². The minimum atomic E-state index is -0.0759. The van der Waals surface area contributed by atoms with Gasteiger partial charge in [0.1, 0.15) is 12.7 Å². The number of benzene rings is 1. The van der Waals surface area contributed by atoms with Crippen LogP contribution in [0.4, 0.5) is 0 Å². The number of nitrogens with zero attached hydrogens (tertiary/aromatic N) is 3. The summed E-state index contributed by atoms with van der Waals surface area (Å²) in [6.07, 6.45) is 5.99. The molecule has 22 heavy (non-hydrogen) atoms. The van der Waals surface area contributed by atoms with Gasteiger partial charge < -0.3 is 10.4 Å². The number of rotatable bonds is 6. The summed E-state index contributed by atoms with van der Waals surface area (Å²) in [6.45, 7) is 2.01. The molecule has 1 aromatic heterocycles. The van der Waals surface area contributed by atoms with Crippen LogP contribution in [0.1, 0.15) is 35.2 Å². The molecule has 0 bridgehead atoms. The first kappa shape index (κ1) is 14.7. The molecule has 6 nitrogen and oxygen atoms in total. The van der Waals surface area contributed by atoms with Crippen molar-refractivity contribution in [3.8, 4) is 5.69 Å². The Morgan fingerprint density at radius 3 is 2.91 bits per heavy atom. The van der Waals surface area contributed by atoms with E-state index in [2.05, 4.69) is 15.4 Å². The highest BCUT2D eigenvalue weighted by molar-refractivity contribution is 5.96. The predicted molar refractivity (Wildman–Crippen MR) is 81.8 cm³/mol. The number of hydrogen-bond acceptors (Lipinski definition) is 4. The van der Waals surface area contributed by atoms with Crippen molar-refractivity contribution in [2.24, 2.45) is 5.92 Å². The fourth-order valence-corrected chi connectivity index (χ4v) is 2.70. The summed E-state index contributed by atoms with van der Waals surface area (Å²) in [4.78, 5) is 16.4. The number of amides is 1. The Morgan fingerprint density at radius 2 is 2.32 bits per heavy atom. The average Bonchev–Trinajstić information content (AvgIpc) is 3.21. The molecule has 2 aromatic rings. The quantitative estimate of drug-likeness (QED) is 0.846. The fraction of sp³-hybridized carbons (Fsp3) is 0.438. The van der Waals surface area contributed by atoms with Gasteiger partial charge in [0.2, 0.25) is 0 Å². The van der Waals surface area contributed by atoms with E-state index in [0.717, 1.165) is 24.1 Å². The fourth-order valence-electron chi connectivity index (χ4n) is 2.70. The molecule has 1 aliphatic carbocycles. The van der Waals surface area contributed by atoms with Crippen molar-refractivity contribution in [3.63, 3.8) is 0 Å². The van der Waals surface area contributed by atoms with Crippen LogP contribution in [0.2, 0.25) is 0 Å². The van der Waals surface area contributed by atoms with Gasteiger partial charge in [-0.15, -0.1) is 0 Å². The zero-order valence-corrected chi connectivity index (χ0v) is 12.6. The number of hydrogen-bond donors (Lipinski definition) is 2. The number of carbonyl (C=O) groups excluding carboxylic acids is 1. The van der Waals surface area contributed by atoms with E-state index in [9.17, 15) is 4.79 Å². The number of nitrogens with one attached hydrogen (secondary N) is 1. The Kier molecular flexibility index (Phi) is 4.20. The van der Waals surface area contributed by atoms with Gasteiger partial charge in [0, 0.05) is 18.2 Å². The van der Waals surface area contributed by atoms with Crippen molar-refractivity contribution in [1.82, 2.24) is 20.1 Å². The SMILES string of the molecule is Cc1cc(-n2cncn2)ccc1C(=O)NC(CCO)C1CC1. The van der Waals surface area contributed by atoms with Gasteiger partial charge in [0.05, 0.1) is 5.69 Å². The van der Waals surface area contributed by atoms with E-state index in [0.29, 0.717) is 17.9 Å². The number of aromatic nitrogens is 3. The minimum Gasteiger partial charge on any atom is -0.396 e. The van der Waals surface area contributed by atoms with E-state index in [-0.39, 0.29) is 18.6 Å². The topological polar surface area (TPSA) is 80.0 Å². The highest BCUT2D eigenvalue weighted by Crippen LogP contribution is 2.34. The van der Waals surface area contributed by atoms with Gasteiger partial charge >= 0.3 is 0 Å². The van der Waals surface area contributed by atoms with E-state index in [1.807, 2.05) is 25.1 Å². The highest BCUT2D eigenvalue weighted by Gasteiger charge is 2.32. The van der Waals surface area contributed by atoms with E-state index in [4.69, 9.17) is 5.11 Å². The van der Waals surface area contributed by atoms with Crippen molar-refractivity contribution in [2.45, 2.75) is 32.2 Å². The summed E-state index contributed by atoms with van der Waals surface area (Å²) in [5.74, 6) is 0.443. The molecular weight excluding hydrogens is 280 g/mol. The van der Waals surface area contributed by atoms with Gasteiger partial charge in [-0.3, -0.25) is 4.79 Å². The molecule has 0 aliphatic heterocycles. The molecule has 0 spiro atoms. The Hall–Kier alpha value is -2.21. The van der Waals surface area contributed by atoms with Crippen LogP contribution in [0, 0.1) is 12.8 Å². The molecule has 2 N–H and O–H groups in total. The third-order valence-electron chi connectivity index (χ3n) is 4.09. The second kappa shape index (κ2) is 6.27. The zero-order valence-electron chi connectivity index (χ0n) is 12.6. The van der Waals surface area contributed by atoms with E-state index < -0.39 is 0 Å². The standard InChI is InChI=1S/C16H20N4O2/c1-11-8-13(20-10-17-9-18-20)4-5-14(11)16(22)19-15(6-7-21)12-2-3-12/h4-5,8-10,12,15,21H,2-3,6-7H2,1H3,(H,19,22). The number of carbonyl (C=O) groups is 1. The molecule has 6 heteroatoms. The summed E-state index contributed by atoms with van der Waals surface area (Å²) in [6, 6.07) is 5.66. The first-order valence-electron chi connectivity index (χ1n) is 7.56. The lowest BCUT2D eigenvalue weighted by molar-refractivity contribution is 0.0923. The van der Waals surface area contributed by atoms with Gasteiger partial charge in [0.25, 0.3) is 5.91 Å². The lowest BCUT2D eigenvalue weighted by atomic mass is 10.0. The van der Waals surface area contributed by atoms with Crippen LogP contribution < -0.4 is 5.32 Å². The molecule has 3 rings (SSSR count). The van der Waals surface area contributed by atoms with E-state index in [1.165, 1.54) is 6.33 Å². The molecule has 1 amide bonds. The Morgan fingerprint density at radius 1 is 1.50 bits per heavy atom. The molecule has 1 fully saturated rings. The molecular formula is C16H20N4O2. The smallest absolute Gasteiger partial charge is 0.251 e. The lowest BCUT2D eigenvalue weighted by Crippen LogP contribution is -2.37. The van der Waals surface area contributed by atoms with Crippen molar-refractivity contribution in [2.75, 3.05) is 6.61 Å². The summed E-state index contributed by atoms with van der Waals surface area (Å²) in [5, 5.41) is 16.3. The summed E-state index contributed by atoms with van der Waals surface area (Å²) < 4.78 is 1.66. The summed E-state index contributed by atoms with van der Waals surface area (Å²) in [7, 11) is 0. The predicted octanol–water partition coefficient (Wildman–Crippen LogP) is 1.47. The average molecular weight is 300 g/mol. The van der Waals surface area contributed by atoms with Crippen molar-refractivity contribution >= 4 is 5.91 Å². The van der Waals surface area contributed by atoms with Gasteiger partial charge in [-0.05, 0) is 55.9 Å². The van der Waals surface area contributed by atoms with Crippen LogP contribution in [0.25, 0.3) is 5.69 Å². The maximum atomic E-state index is 12.5. The second-order valence-electron chi connectivity index (χ2n) is 5.77. The molecule has 1 aliphatic rings. The summed E-state index contributed by atoms with van der Waals surface area (Å²) >= 11 is 0. The molecule has 1 saturated carbocycles. The number of aliphatic hydroxyl groups excluding tert-OH is 1. The van der Waals surface area contributed by atoms with E-state index >= 15 is 0 Å².